The molecule has 0 radical (unpaired) electrons. The van der Waals surface area contributed by atoms with E-state index in [0.717, 1.165) is 28.2 Å². The first-order valence-electron chi connectivity index (χ1n) is 9.58. The Balaban J connectivity index is 1.49. The van der Waals surface area contributed by atoms with Crippen LogP contribution < -0.4 is 10.2 Å². The predicted molar refractivity (Wildman–Crippen MR) is 112 cm³/mol. The van der Waals surface area contributed by atoms with Crippen LogP contribution in [0.4, 0.5) is 11.4 Å². The van der Waals surface area contributed by atoms with Crippen LogP contribution in [0.25, 0.3) is 11.4 Å². The number of hydrogen-bond acceptors (Lipinski definition) is 4. The lowest BCUT2D eigenvalue weighted by Crippen LogP contribution is -2.28. The molecule has 0 saturated carbocycles. The van der Waals surface area contributed by atoms with Gasteiger partial charge in [0.1, 0.15) is 5.82 Å². The summed E-state index contributed by atoms with van der Waals surface area (Å²) in [5.41, 5.74) is 4.42. The number of aromatic amines is 1. The molecule has 0 aliphatic carbocycles. The SMILES string of the molecule is Cc1ccc(N2C[C@H](C(=O)Nc3cc(-c4n[nH]c(C)n4)ccc3C)CC2=O)cc1. The number of amides is 2. The zero-order chi connectivity index (χ0) is 20.5. The van der Waals surface area contributed by atoms with Crippen LogP contribution in [0.15, 0.2) is 42.5 Å². The number of aryl methyl sites for hydroxylation is 3. The molecule has 0 spiro atoms. The molecular weight excluding hydrogens is 366 g/mol. The van der Waals surface area contributed by atoms with Crippen molar-refractivity contribution in [1.29, 1.82) is 0 Å². The molecule has 2 aromatic carbocycles. The average Bonchev–Trinajstić information content (AvgIpc) is 3.30. The third-order valence-electron chi connectivity index (χ3n) is 5.19. The number of benzene rings is 2. The first-order chi connectivity index (χ1) is 13.9. The molecule has 29 heavy (non-hydrogen) atoms. The van der Waals surface area contributed by atoms with Gasteiger partial charge >= 0.3 is 0 Å². The number of anilines is 2. The van der Waals surface area contributed by atoms with E-state index in [2.05, 4.69) is 20.5 Å². The fourth-order valence-corrected chi connectivity index (χ4v) is 3.46. The number of carbonyl (C=O) groups is 2. The van der Waals surface area contributed by atoms with Crippen molar-refractivity contribution < 1.29 is 9.59 Å². The Labute approximate surface area is 169 Å². The number of H-pyrrole nitrogens is 1. The van der Waals surface area contributed by atoms with Gasteiger partial charge < -0.3 is 10.2 Å². The van der Waals surface area contributed by atoms with Crippen LogP contribution in [0, 0.1) is 26.7 Å². The second kappa shape index (κ2) is 7.50. The molecule has 4 rings (SSSR count). The Kier molecular flexibility index (Phi) is 4.88. The van der Waals surface area contributed by atoms with Crippen molar-refractivity contribution >= 4 is 23.2 Å². The molecule has 1 aliphatic rings. The third kappa shape index (κ3) is 3.89. The highest BCUT2D eigenvalue weighted by Crippen LogP contribution is 2.28. The molecule has 7 heteroatoms. The molecule has 2 N–H and O–H groups in total. The molecule has 148 valence electrons. The summed E-state index contributed by atoms with van der Waals surface area (Å²) in [6.45, 7) is 6.15. The van der Waals surface area contributed by atoms with Crippen molar-refractivity contribution in [3.63, 3.8) is 0 Å². The van der Waals surface area contributed by atoms with Crippen molar-refractivity contribution in [2.24, 2.45) is 5.92 Å². The number of hydrogen-bond donors (Lipinski definition) is 2. The Hall–Kier alpha value is -3.48. The van der Waals surface area contributed by atoms with Gasteiger partial charge in [-0.05, 0) is 44.5 Å². The minimum atomic E-state index is -0.391. The van der Waals surface area contributed by atoms with Gasteiger partial charge in [-0.3, -0.25) is 14.7 Å². The average molecular weight is 389 g/mol. The maximum absolute atomic E-state index is 12.9. The summed E-state index contributed by atoms with van der Waals surface area (Å²) in [6, 6.07) is 13.5. The quantitative estimate of drug-likeness (QED) is 0.716. The van der Waals surface area contributed by atoms with E-state index in [1.54, 1.807) is 4.90 Å². The van der Waals surface area contributed by atoms with Crippen molar-refractivity contribution in [2.45, 2.75) is 27.2 Å². The normalized spacial score (nSPS) is 16.3. The molecule has 1 atom stereocenters. The summed E-state index contributed by atoms with van der Waals surface area (Å²) < 4.78 is 0. The smallest absolute Gasteiger partial charge is 0.229 e. The monoisotopic (exact) mass is 389 g/mol. The van der Waals surface area contributed by atoms with E-state index < -0.39 is 5.92 Å². The topological polar surface area (TPSA) is 91.0 Å². The molecule has 0 bridgehead atoms. The minimum Gasteiger partial charge on any atom is -0.326 e. The van der Waals surface area contributed by atoms with E-state index in [1.165, 1.54) is 0 Å². The number of nitrogens with zero attached hydrogens (tertiary/aromatic N) is 3. The maximum atomic E-state index is 12.9. The van der Waals surface area contributed by atoms with Gasteiger partial charge in [0.15, 0.2) is 5.82 Å². The van der Waals surface area contributed by atoms with Crippen LogP contribution in [0.1, 0.15) is 23.4 Å². The van der Waals surface area contributed by atoms with E-state index >= 15 is 0 Å². The fourth-order valence-electron chi connectivity index (χ4n) is 3.46. The van der Waals surface area contributed by atoms with Gasteiger partial charge in [0.2, 0.25) is 11.8 Å². The Morgan fingerprint density at radius 2 is 1.90 bits per heavy atom. The lowest BCUT2D eigenvalue weighted by molar-refractivity contribution is -0.122. The fraction of sp³-hybridized carbons (Fsp3) is 0.273. The van der Waals surface area contributed by atoms with Crippen LogP contribution in [0.2, 0.25) is 0 Å². The van der Waals surface area contributed by atoms with Crippen molar-refractivity contribution in [3.8, 4) is 11.4 Å². The minimum absolute atomic E-state index is 0.0318. The van der Waals surface area contributed by atoms with Crippen LogP contribution in [-0.2, 0) is 9.59 Å². The van der Waals surface area contributed by atoms with Gasteiger partial charge in [-0.2, -0.15) is 5.10 Å². The zero-order valence-electron chi connectivity index (χ0n) is 16.7. The number of rotatable bonds is 4. The molecule has 1 aromatic heterocycles. The summed E-state index contributed by atoms with van der Waals surface area (Å²) in [7, 11) is 0. The third-order valence-corrected chi connectivity index (χ3v) is 5.19. The molecule has 1 saturated heterocycles. The number of carbonyl (C=O) groups excluding carboxylic acids is 2. The van der Waals surface area contributed by atoms with E-state index in [9.17, 15) is 9.59 Å². The molecule has 3 aromatic rings. The summed E-state index contributed by atoms with van der Waals surface area (Å²) in [6.07, 6.45) is 0.207. The van der Waals surface area contributed by atoms with Gasteiger partial charge in [-0.25, -0.2) is 4.98 Å². The first kappa shape index (κ1) is 18.9. The highest BCUT2D eigenvalue weighted by molar-refractivity contribution is 6.03. The van der Waals surface area contributed by atoms with Crippen LogP contribution >= 0.6 is 0 Å². The maximum Gasteiger partial charge on any atom is 0.229 e. The van der Waals surface area contributed by atoms with Gasteiger partial charge in [-0.15, -0.1) is 0 Å². The number of nitrogens with one attached hydrogen (secondary N) is 2. The molecule has 7 nitrogen and oxygen atoms in total. The standard InChI is InChI=1S/C22H23N5O2/c1-13-4-8-18(9-5-13)27-12-17(11-20(27)28)22(29)24-19-10-16(7-6-14(19)2)21-23-15(3)25-26-21/h4-10,17H,11-12H2,1-3H3,(H,24,29)(H,23,25,26)/t17-/m1/s1. The zero-order valence-corrected chi connectivity index (χ0v) is 16.7. The molecular formula is C22H23N5O2. The Bertz CT molecular complexity index is 1070. The Morgan fingerprint density at radius 3 is 2.59 bits per heavy atom. The molecule has 2 amide bonds. The van der Waals surface area contributed by atoms with Gasteiger partial charge in [0.05, 0.1) is 5.92 Å². The second-order valence-corrected chi connectivity index (χ2v) is 7.50. The second-order valence-electron chi connectivity index (χ2n) is 7.50. The predicted octanol–water partition coefficient (Wildman–Crippen LogP) is 3.39. The summed E-state index contributed by atoms with van der Waals surface area (Å²) in [5, 5.41) is 9.98. The van der Waals surface area contributed by atoms with E-state index in [0.29, 0.717) is 18.1 Å². The largest absolute Gasteiger partial charge is 0.326 e. The van der Waals surface area contributed by atoms with Crippen molar-refractivity contribution in [2.75, 3.05) is 16.8 Å². The summed E-state index contributed by atoms with van der Waals surface area (Å²) >= 11 is 0. The molecule has 0 unspecified atom stereocenters. The van der Waals surface area contributed by atoms with E-state index in [-0.39, 0.29) is 18.2 Å². The molecule has 2 heterocycles. The lowest BCUT2D eigenvalue weighted by atomic mass is 10.1. The lowest BCUT2D eigenvalue weighted by Gasteiger charge is -2.17. The molecule has 1 aliphatic heterocycles. The number of aromatic nitrogens is 3. The van der Waals surface area contributed by atoms with Crippen LogP contribution in [0.5, 0.6) is 0 Å². The van der Waals surface area contributed by atoms with E-state index in [1.807, 2.05) is 63.2 Å². The first-order valence-corrected chi connectivity index (χ1v) is 9.58. The van der Waals surface area contributed by atoms with Crippen molar-refractivity contribution in [1.82, 2.24) is 15.2 Å². The Morgan fingerprint density at radius 1 is 1.14 bits per heavy atom. The molecule has 1 fully saturated rings. The van der Waals surface area contributed by atoms with Crippen LogP contribution in [-0.4, -0.2) is 33.5 Å². The van der Waals surface area contributed by atoms with Crippen LogP contribution in [0.3, 0.4) is 0 Å². The van der Waals surface area contributed by atoms with Crippen molar-refractivity contribution in [3.05, 3.63) is 59.4 Å². The van der Waals surface area contributed by atoms with Gasteiger partial charge in [0.25, 0.3) is 0 Å². The summed E-state index contributed by atoms with van der Waals surface area (Å²) in [4.78, 5) is 31.4. The highest BCUT2D eigenvalue weighted by atomic mass is 16.2. The highest BCUT2D eigenvalue weighted by Gasteiger charge is 2.35. The van der Waals surface area contributed by atoms with Gasteiger partial charge in [-0.1, -0.05) is 29.8 Å². The summed E-state index contributed by atoms with van der Waals surface area (Å²) in [5.74, 6) is 0.735. The van der Waals surface area contributed by atoms with E-state index in [4.69, 9.17) is 0 Å². The van der Waals surface area contributed by atoms with Gasteiger partial charge in [0, 0.05) is 29.9 Å².